The van der Waals surface area contributed by atoms with E-state index in [2.05, 4.69) is 5.32 Å². The summed E-state index contributed by atoms with van der Waals surface area (Å²) in [5.41, 5.74) is -6.75. The summed E-state index contributed by atoms with van der Waals surface area (Å²) in [6.45, 7) is 11.6. The van der Waals surface area contributed by atoms with Gasteiger partial charge >= 0.3 is 23.9 Å². The van der Waals surface area contributed by atoms with E-state index in [1.54, 1.807) is 58.9 Å². The molecular weight excluding hydrogens is 778 g/mol. The number of carbonyl (C=O) groups is 6. The van der Waals surface area contributed by atoms with Gasteiger partial charge < -0.3 is 44.3 Å². The minimum atomic E-state index is -2.36. The van der Waals surface area contributed by atoms with Crippen molar-refractivity contribution < 1.29 is 67.8 Å². The molecule has 11 atom stereocenters. The lowest BCUT2D eigenvalue weighted by molar-refractivity contribution is -0.346. The topological polar surface area (TPSA) is 221 Å². The van der Waals surface area contributed by atoms with E-state index in [1.807, 2.05) is 0 Å². The Kier molecular flexibility index (Phi) is 12.6. The van der Waals surface area contributed by atoms with Crippen LogP contribution in [0.4, 0.5) is 0 Å². The fourth-order valence-corrected chi connectivity index (χ4v) is 10.6. The maximum absolute atomic E-state index is 15.4. The minimum Gasteiger partial charge on any atom is -0.456 e. The molecule has 4 fully saturated rings. The number of ether oxygens (including phenoxy) is 5. The molecule has 3 saturated carbocycles. The Morgan fingerprint density at radius 3 is 2.15 bits per heavy atom. The van der Waals surface area contributed by atoms with Crippen molar-refractivity contribution in [2.75, 3.05) is 6.61 Å². The highest BCUT2D eigenvalue weighted by atomic mass is 16.6. The van der Waals surface area contributed by atoms with Crippen molar-refractivity contribution >= 4 is 35.6 Å². The molecule has 6 rings (SSSR count). The average Bonchev–Trinajstić information content (AvgIpc) is 3.18. The number of allylic oxidation sites excluding steroid dienone is 1. The molecule has 1 heterocycles. The van der Waals surface area contributed by atoms with Crippen LogP contribution >= 0.6 is 0 Å². The van der Waals surface area contributed by atoms with Crippen LogP contribution in [0.2, 0.25) is 0 Å². The van der Waals surface area contributed by atoms with Gasteiger partial charge in [0.1, 0.15) is 23.9 Å². The zero-order valence-corrected chi connectivity index (χ0v) is 35.6. The number of esters is 4. The SMILES string of the molecule is CC(=O)O[C@H]1C(=O)[C@@]2(C)[C@H]([C@H](OC(=O)c3ccccc3)[C@]3(O)C[C@H](OC(=O)[C@H](O)[C@H](C=C(C)C)NC(=O)C4CCCCC4)C(C)=C1C3(C)C)[C@]1(OC(C)=O)CO[C@@H]1C[C@@H]2O. The first kappa shape index (κ1) is 45.1. The van der Waals surface area contributed by atoms with Gasteiger partial charge in [0.25, 0.3) is 0 Å². The molecule has 60 heavy (non-hydrogen) atoms. The van der Waals surface area contributed by atoms with E-state index < -0.39 is 107 Å². The van der Waals surface area contributed by atoms with E-state index in [0.29, 0.717) is 18.4 Å². The van der Waals surface area contributed by atoms with Crippen LogP contribution in [-0.4, -0.2) is 111 Å². The highest BCUT2D eigenvalue weighted by molar-refractivity contribution is 5.95. The third-order valence-corrected chi connectivity index (χ3v) is 13.8. The van der Waals surface area contributed by atoms with Crippen molar-refractivity contribution in [3.05, 3.63) is 58.7 Å². The Hall–Kier alpha value is -4.44. The molecule has 328 valence electrons. The molecule has 1 aromatic carbocycles. The molecule has 15 nitrogen and oxygen atoms in total. The molecule has 1 amide bonds. The number of ketones is 1. The van der Waals surface area contributed by atoms with Gasteiger partial charge in [-0.2, -0.15) is 0 Å². The summed E-state index contributed by atoms with van der Waals surface area (Å²) in [7, 11) is 0. The fraction of sp³-hybridized carbons (Fsp3) is 0.644. The average molecular weight is 838 g/mol. The molecule has 1 aromatic rings. The normalized spacial score (nSPS) is 34.4. The summed E-state index contributed by atoms with van der Waals surface area (Å²) in [4.78, 5) is 83.0. The second-order valence-electron chi connectivity index (χ2n) is 18.2. The maximum atomic E-state index is 15.4. The first-order chi connectivity index (χ1) is 28.1. The van der Waals surface area contributed by atoms with Gasteiger partial charge in [-0.25, -0.2) is 9.59 Å². The molecule has 4 N–H and O–H groups in total. The van der Waals surface area contributed by atoms with Crippen molar-refractivity contribution in [3.8, 4) is 0 Å². The number of amides is 1. The molecule has 0 radical (unpaired) electrons. The first-order valence-corrected chi connectivity index (χ1v) is 20.8. The lowest BCUT2D eigenvalue weighted by Crippen LogP contribution is -2.82. The lowest BCUT2D eigenvalue weighted by atomic mass is 9.44. The van der Waals surface area contributed by atoms with Crippen LogP contribution in [-0.2, 0) is 47.7 Å². The van der Waals surface area contributed by atoms with Crippen molar-refractivity contribution in [2.24, 2.45) is 22.7 Å². The second kappa shape index (κ2) is 16.8. The Labute approximate surface area is 350 Å². The molecule has 1 aliphatic heterocycles. The maximum Gasteiger partial charge on any atom is 0.338 e. The van der Waals surface area contributed by atoms with E-state index in [9.17, 15) is 39.3 Å². The zero-order chi connectivity index (χ0) is 44.1. The largest absolute Gasteiger partial charge is 0.456 e. The van der Waals surface area contributed by atoms with Gasteiger partial charge in [-0.3, -0.25) is 19.2 Å². The van der Waals surface area contributed by atoms with E-state index in [0.717, 1.165) is 33.1 Å². The number of benzene rings is 1. The molecule has 1 saturated heterocycles. The highest BCUT2D eigenvalue weighted by Crippen LogP contribution is 2.64. The Morgan fingerprint density at radius 2 is 1.58 bits per heavy atom. The van der Waals surface area contributed by atoms with Crippen LogP contribution in [0.15, 0.2) is 53.1 Å². The Bertz CT molecular complexity index is 1950. The van der Waals surface area contributed by atoms with Gasteiger partial charge in [0.15, 0.2) is 23.6 Å². The monoisotopic (exact) mass is 837 g/mol. The van der Waals surface area contributed by atoms with Gasteiger partial charge in [0.05, 0.1) is 35.6 Å². The van der Waals surface area contributed by atoms with Gasteiger partial charge in [-0.05, 0) is 63.8 Å². The third kappa shape index (κ3) is 7.71. The van der Waals surface area contributed by atoms with Gasteiger partial charge in [-0.1, -0.05) is 63.0 Å². The number of nitrogens with one attached hydrogen (secondary N) is 1. The Balaban J connectivity index is 1.51. The van der Waals surface area contributed by atoms with Gasteiger partial charge in [-0.15, -0.1) is 0 Å². The van der Waals surface area contributed by atoms with Crippen molar-refractivity contribution in [1.82, 2.24) is 5.32 Å². The van der Waals surface area contributed by atoms with Crippen LogP contribution in [0, 0.1) is 22.7 Å². The molecule has 4 aliphatic carbocycles. The van der Waals surface area contributed by atoms with Crippen LogP contribution in [0.3, 0.4) is 0 Å². The summed E-state index contributed by atoms with van der Waals surface area (Å²) < 4.78 is 30.2. The summed E-state index contributed by atoms with van der Waals surface area (Å²) in [6.07, 6.45) is -4.50. The zero-order valence-electron chi connectivity index (χ0n) is 35.6. The smallest absolute Gasteiger partial charge is 0.338 e. The van der Waals surface area contributed by atoms with Crippen molar-refractivity contribution in [3.63, 3.8) is 0 Å². The summed E-state index contributed by atoms with van der Waals surface area (Å²) in [5, 5.41) is 40.1. The van der Waals surface area contributed by atoms with E-state index in [-0.39, 0.29) is 41.6 Å². The van der Waals surface area contributed by atoms with E-state index in [1.165, 1.54) is 19.1 Å². The number of aliphatic hydroxyl groups excluding tert-OH is 2. The quantitative estimate of drug-likeness (QED) is 0.150. The minimum absolute atomic E-state index is 0.0244. The second-order valence-corrected chi connectivity index (χ2v) is 18.2. The van der Waals surface area contributed by atoms with Gasteiger partial charge in [0, 0.05) is 38.0 Å². The summed E-state index contributed by atoms with van der Waals surface area (Å²) >= 11 is 0. The van der Waals surface area contributed by atoms with Crippen LogP contribution < -0.4 is 5.32 Å². The number of hydrogen-bond acceptors (Lipinski definition) is 14. The lowest BCUT2D eigenvalue weighted by Gasteiger charge is -2.67. The van der Waals surface area contributed by atoms with Crippen molar-refractivity contribution in [1.29, 1.82) is 0 Å². The summed E-state index contributed by atoms with van der Waals surface area (Å²) in [6, 6.07) is 6.71. The molecule has 0 spiro atoms. The first-order valence-electron chi connectivity index (χ1n) is 20.8. The number of fused-ring (bicyclic) bond motifs is 5. The number of carbonyl (C=O) groups excluding carboxylic acids is 6. The molecule has 5 aliphatic rings. The van der Waals surface area contributed by atoms with Crippen LogP contribution in [0.1, 0.15) is 111 Å². The predicted molar refractivity (Wildman–Crippen MR) is 213 cm³/mol. The predicted octanol–water partition coefficient (Wildman–Crippen LogP) is 3.60. The Morgan fingerprint density at radius 1 is 0.933 bits per heavy atom. The number of aliphatic hydroxyl groups is 3. The molecular formula is C45H59NO14. The molecule has 2 bridgehead atoms. The molecule has 0 aromatic heterocycles. The number of rotatable bonds is 10. The van der Waals surface area contributed by atoms with Crippen molar-refractivity contribution in [2.45, 2.75) is 154 Å². The molecule has 0 unspecified atom stereocenters. The van der Waals surface area contributed by atoms with E-state index in [4.69, 9.17) is 23.7 Å². The standard InChI is InChI=1S/C45H59NO14/c1-23(2)19-29(46-39(52)27-15-11-9-12-16-27)34(50)41(54)58-30-21-45(55)38(59-40(53)28-17-13-10-14-18-28)36-43(8,31(49)20-32-44(36,22-56-32)60-26(5)48)37(51)35(57-25(4)47)33(24(30)3)42(45,6)7/h10,13-14,17-19,27,29-32,34-36,38,49-50,55H,9,11-12,15-16,20-22H2,1-8H3,(H,46,52)/t29-,30-,31-,32+,34+,35+,36-,38-,43+,44-,45+/m0/s1. The number of Topliss-reactive ketones (excluding diaryl/α,β-unsaturated/α-hetero) is 1. The fourth-order valence-electron chi connectivity index (χ4n) is 10.6. The van der Waals surface area contributed by atoms with Gasteiger partial charge in [0.2, 0.25) is 5.91 Å². The van der Waals surface area contributed by atoms with Crippen LogP contribution in [0.5, 0.6) is 0 Å². The third-order valence-electron chi connectivity index (χ3n) is 13.8. The summed E-state index contributed by atoms with van der Waals surface area (Å²) in [5.74, 6) is -6.68. The van der Waals surface area contributed by atoms with Crippen LogP contribution in [0.25, 0.3) is 0 Å². The van der Waals surface area contributed by atoms with E-state index >= 15 is 4.79 Å². The number of hydrogen-bond donors (Lipinski definition) is 4. The molecule has 15 heteroatoms. The highest BCUT2D eigenvalue weighted by Gasteiger charge is 2.78.